The summed E-state index contributed by atoms with van der Waals surface area (Å²) in [6.07, 6.45) is 0.693. The van der Waals surface area contributed by atoms with Crippen LogP contribution in [0.1, 0.15) is 43.0 Å². The van der Waals surface area contributed by atoms with E-state index >= 15 is 0 Å². The number of nitrogens with one attached hydrogen (secondary N) is 1. The summed E-state index contributed by atoms with van der Waals surface area (Å²) in [4.78, 5) is 13.5. The molecule has 1 N–H and O–H groups in total. The first-order valence-corrected chi connectivity index (χ1v) is 13.6. The van der Waals surface area contributed by atoms with Crippen LogP contribution in [-0.2, 0) is 14.8 Å². The number of rotatable bonds is 10. The number of ether oxygens (including phenoxy) is 1. The fourth-order valence-corrected chi connectivity index (χ4v) is 5.61. The van der Waals surface area contributed by atoms with Crippen LogP contribution in [0.3, 0.4) is 0 Å². The van der Waals surface area contributed by atoms with E-state index in [0.29, 0.717) is 28.6 Å². The molecule has 0 aliphatic rings. The van der Waals surface area contributed by atoms with Gasteiger partial charge in [-0.1, -0.05) is 61.3 Å². The molecule has 0 bridgehead atoms. The van der Waals surface area contributed by atoms with Gasteiger partial charge in [0.25, 0.3) is 10.0 Å². The second-order valence-corrected chi connectivity index (χ2v) is 11.5. The predicted molar refractivity (Wildman–Crippen MR) is 145 cm³/mol. The topological polar surface area (TPSA) is 75.7 Å². The molecule has 0 saturated carbocycles. The second-order valence-electron chi connectivity index (χ2n) is 9.23. The summed E-state index contributed by atoms with van der Waals surface area (Å²) in [5.74, 6) is 0.617. The number of benzene rings is 3. The summed E-state index contributed by atoms with van der Waals surface area (Å²) in [7, 11) is -2.44. The van der Waals surface area contributed by atoms with Gasteiger partial charge in [0.05, 0.1) is 23.7 Å². The van der Waals surface area contributed by atoms with Gasteiger partial charge in [0.2, 0.25) is 5.91 Å². The zero-order chi connectivity index (χ0) is 26.5. The minimum absolute atomic E-state index is 0.106. The summed E-state index contributed by atoms with van der Waals surface area (Å²) in [5, 5.41) is 3.47. The number of nitrogens with zero attached hydrogens (tertiary/aromatic N) is 1. The maximum atomic E-state index is 13.7. The summed E-state index contributed by atoms with van der Waals surface area (Å²) in [5.41, 5.74) is 2.80. The number of hydrogen-bond donors (Lipinski definition) is 1. The third-order valence-electron chi connectivity index (χ3n) is 5.96. The second kappa shape index (κ2) is 11.8. The van der Waals surface area contributed by atoms with E-state index in [1.807, 2.05) is 31.2 Å². The Balaban J connectivity index is 1.96. The molecule has 0 heterocycles. The lowest BCUT2D eigenvalue weighted by Gasteiger charge is -2.28. The van der Waals surface area contributed by atoms with Crippen molar-refractivity contribution in [1.82, 2.24) is 5.32 Å². The average molecular weight is 529 g/mol. The summed E-state index contributed by atoms with van der Waals surface area (Å²) in [6.45, 7) is 7.39. The van der Waals surface area contributed by atoms with E-state index in [9.17, 15) is 13.2 Å². The van der Waals surface area contributed by atoms with Crippen molar-refractivity contribution in [3.8, 4) is 5.75 Å². The standard InChI is InChI=1S/C28H33ClN2O4S/c1-19(2)17-26(22-11-13-23(35-5)14-12-22)30-28(32)18-31(27-8-6-7-25(29)21(27)4)36(33,34)24-15-9-20(3)10-16-24/h6-16,19,26H,17-18H2,1-5H3,(H,30,32). The first-order valence-electron chi connectivity index (χ1n) is 11.8. The number of carbonyl (C=O) groups excluding carboxylic acids is 1. The highest BCUT2D eigenvalue weighted by Gasteiger charge is 2.29. The Morgan fingerprint density at radius 2 is 1.64 bits per heavy atom. The number of halogens is 1. The third kappa shape index (κ3) is 6.59. The van der Waals surface area contributed by atoms with E-state index in [1.54, 1.807) is 56.5 Å². The predicted octanol–water partition coefficient (Wildman–Crippen LogP) is 6.06. The number of anilines is 1. The molecular weight excluding hydrogens is 496 g/mol. The molecule has 3 aromatic carbocycles. The highest BCUT2D eigenvalue weighted by molar-refractivity contribution is 7.92. The largest absolute Gasteiger partial charge is 0.497 e. The molecule has 0 saturated heterocycles. The van der Waals surface area contributed by atoms with E-state index in [1.165, 1.54) is 0 Å². The van der Waals surface area contributed by atoms with Crippen molar-refractivity contribution in [2.75, 3.05) is 18.0 Å². The minimum Gasteiger partial charge on any atom is -0.497 e. The molecule has 36 heavy (non-hydrogen) atoms. The van der Waals surface area contributed by atoms with Crippen molar-refractivity contribution in [1.29, 1.82) is 0 Å². The number of amides is 1. The summed E-state index contributed by atoms with van der Waals surface area (Å²) >= 11 is 6.33. The van der Waals surface area contributed by atoms with Crippen LogP contribution < -0.4 is 14.4 Å². The van der Waals surface area contributed by atoms with Gasteiger partial charge in [-0.05, 0) is 73.7 Å². The van der Waals surface area contributed by atoms with Crippen LogP contribution in [0.4, 0.5) is 5.69 Å². The Morgan fingerprint density at radius 3 is 2.22 bits per heavy atom. The zero-order valence-corrected chi connectivity index (χ0v) is 22.9. The van der Waals surface area contributed by atoms with Gasteiger partial charge in [-0.3, -0.25) is 9.10 Å². The van der Waals surface area contributed by atoms with Gasteiger partial charge in [-0.15, -0.1) is 0 Å². The maximum Gasteiger partial charge on any atom is 0.264 e. The zero-order valence-electron chi connectivity index (χ0n) is 21.3. The van der Waals surface area contributed by atoms with Crippen molar-refractivity contribution < 1.29 is 17.9 Å². The molecule has 8 heteroatoms. The Kier molecular flexibility index (Phi) is 9.03. The van der Waals surface area contributed by atoms with Crippen LogP contribution >= 0.6 is 11.6 Å². The molecule has 1 unspecified atom stereocenters. The summed E-state index contributed by atoms with van der Waals surface area (Å²) < 4.78 is 33.9. The number of aryl methyl sites for hydroxylation is 1. The smallest absolute Gasteiger partial charge is 0.264 e. The van der Waals surface area contributed by atoms with E-state index in [2.05, 4.69) is 19.2 Å². The number of methoxy groups -OCH3 is 1. The number of carbonyl (C=O) groups is 1. The highest BCUT2D eigenvalue weighted by Crippen LogP contribution is 2.31. The molecule has 3 rings (SSSR count). The highest BCUT2D eigenvalue weighted by atomic mass is 35.5. The molecule has 0 radical (unpaired) electrons. The van der Waals surface area contributed by atoms with Crippen molar-refractivity contribution in [2.24, 2.45) is 5.92 Å². The van der Waals surface area contributed by atoms with Crippen LogP contribution in [0.25, 0.3) is 0 Å². The lowest BCUT2D eigenvalue weighted by Crippen LogP contribution is -2.42. The van der Waals surface area contributed by atoms with Crippen LogP contribution in [0, 0.1) is 19.8 Å². The molecule has 0 spiro atoms. The SMILES string of the molecule is COc1ccc(C(CC(C)C)NC(=O)CN(c2cccc(Cl)c2C)S(=O)(=O)c2ccc(C)cc2)cc1. The normalized spacial score (nSPS) is 12.3. The van der Waals surface area contributed by atoms with Gasteiger partial charge in [-0.25, -0.2) is 8.42 Å². The van der Waals surface area contributed by atoms with Crippen molar-refractivity contribution >= 4 is 33.2 Å². The van der Waals surface area contributed by atoms with Gasteiger partial charge in [0.15, 0.2) is 0 Å². The van der Waals surface area contributed by atoms with E-state index in [-0.39, 0.29) is 17.5 Å². The first-order chi connectivity index (χ1) is 17.0. The monoisotopic (exact) mass is 528 g/mol. The number of sulfonamides is 1. The van der Waals surface area contributed by atoms with Gasteiger partial charge >= 0.3 is 0 Å². The van der Waals surface area contributed by atoms with Crippen molar-refractivity contribution in [3.05, 3.63) is 88.4 Å². The van der Waals surface area contributed by atoms with Gasteiger partial charge in [0.1, 0.15) is 12.3 Å². The van der Waals surface area contributed by atoms with Gasteiger partial charge in [-0.2, -0.15) is 0 Å². The Bertz CT molecular complexity index is 1290. The first kappa shape index (κ1) is 27.6. The minimum atomic E-state index is -4.04. The number of hydrogen-bond acceptors (Lipinski definition) is 4. The van der Waals surface area contributed by atoms with Crippen molar-refractivity contribution in [2.45, 2.75) is 45.1 Å². The third-order valence-corrected chi connectivity index (χ3v) is 8.15. The molecule has 1 atom stereocenters. The van der Waals surface area contributed by atoms with Crippen LogP contribution in [0.5, 0.6) is 5.75 Å². The lowest BCUT2D eigenvalue weighted by atomic mass is 9.97. The molecule has 0 fully saturated rings. The van der Waals surface area contributed by atoms with Crippen molar-refractivity contribution in [3.63, 3.8) is 0 Å². The maximum absolute atomic E-state index is 13.7. The summed E-state index contributed by atoms with van der Waals surface area (Å²) in [6, 6.07) is 18.8. The van der Waals surface area contributed by atoms with Gasteiger partial charge in [0, 0.05) is 5.02 Å². The Morgan fingerprint density at radius 1 is 1.00 bits per heavy atom. The lowest BCUT2D eigenvalue weighted by molar-refractivity contribution is -0.120. The van der Waals surface area contributed by atoms with Crippen LogP contribution in [0.15, 0.2) is 71.6 Å². The molecule has 0 aliphatic carbocycles. The molecule has 6 nitrogen and oxygen atoms in total. The fourth-order valence-electron chi connectivity index (χ4n) is 3.96. The Hall–Kier alpha value is -3.03. The van der Waals surface area contributed by atoms with E-state index < -0.39 is 15.9 Å². The molecule has 0 aromatic heterocycles. The van der Waals surface area contributed by atoms with E-state index in [0.717, 1.165) is 21.2 Å². The molecule has 3 aromatic rings. The molecule has 0 aliphatic heterocycles. The molecular formula is C28H33ClN2O4S. The van der Waals surface area contributed by atoms with Gasteiger partial charge < -0.3 is 10.1 Å². The molecule has 1 amide bonds. The fraction of sp³-hybridized carbons (Fsp3) is 0.321. The van der Waals surface area contributed by atoms with E-state index in [4.69, 9.17) is 16.3 Å². The average Bonchev–Trinajstić information content (AvgIpc) is 2.84. The Labute approximate surface area is 219 Å². The molecule has 192 valence electrons. The quantitative estimate of drug-likeness (QED) is 0.347. The van der Waals surface area contributed by atoms with Crippen LogP contribution in [0.2, 0.25) is 5.02 Å². The van der Waals surface area contributed by atoms with Crippen LogP contribution in [-0.4, -0.2) is 28.0 Å².